The van der Waals surface area contributed by atoms with Gasteiger partial charge < -0.3 is 20.1 Å². The number of nitrogens with one attached hydrogen (secondary N) is 2. The number of rotatable bonds is 8. The van der Waals surface area contributed by atoms with Crippen LogP contribution in [0.1, 0.15) is 44.7 Å². The first-order valence-electron chi connectivity index (χ1n) is 11.6. The number of benzene rings is 1. The number of aliphatic hydroxyl groups excluding tert-OH is 1. The molecule has 5 rings (SSSR count). The Labute approximate surface area is 211 Å². The molecule has 1 aromatic carbocycles. The predicted octanol–water partition coefficient (Wildman–Crippen LogP) is 3.61. The Balaban J connectivity index is 1.38. The summed E-state index contributed by atoms with van der Waals surface area (Å²) >= 11 is 6.51. The minimum Gasteiger partial charge on any atom is -0.394 e. The van der Waals surface area contributed by atoms with Gasteiger partial charge in [-0.1, -0.05) is 17.7 Å². The van der Waals surface area contributed by atoms with E-state index in [2.05, 4.69) is 25.3 Å². The molecular formula is C26H24ClN5O4. The first-order valence-corrected chi connectivity index (χ1v) is 12.0. The van der Waals surface area contributed by atoms with E-state index >= 15 is 0 Å². The van der Waals surface area contributed by atoms with Gasteiger partial charge in [0.25, 0.3) is 0 Å². The number of aromatic amines is 1. The lowest BCUT2D eigenvalue weighted by Gasteiger charge is -2.29. The highest BCUT2D eigenvalue weighted by Gasteiger charge is 2.25. The molecule has 3 N–H and O–H groups in total. The standard InChI is InChI=1S/C26H24ClN5O4/c27-21-9-15(10-22(34)16-5-7-28-8-6-16)1-4-19(21)24(35)20-11-29-25-23(20)26(31-14-30-25)32-17-2-3-18(12-33)36-13-17/h1,4-9,11,14,17-18,33H,2-3,10,12-13H2,(H2,29,30,31,32)/t17-,18+/m0/s1. The van der Waals surface area contributed by atoms with Crippen molar-refractivity contribution in [1.29, 1.82) is 0 Å². The molecule has 1 aliphatic rings. The van der Waals surface area contributed by atoms with E-state index in [-0.39, 0.29) is 41.8 Å². The molecule has 3 aromatic heterocycles. The first kappa shape index (κ1) is 24.1. The normalized spacial score (nSPS) is 17.7. The maximum absolute atomic E-state index is 13.5. The number of aliphatic hydroxyl groups is 1. The predicted molar refractivity (Wildman–Crippen MR) is 135 cm³/mol. The molecule has 0 aliphatic carbocycles. The fraction of sp³-hybridized carbons (Fsp3) is 0.269. The second-order valence-corrected chi connectivity index (χ2v) is 9.09. The van der Waals surface area contributed by atoms with Crippen molar-refractivity contribution in [1.82, 2.24) is 19.9 Å². The number of nitrogens with zero attached hydrogens (tertiary/aromatic N) is 3. The van der Waals surface area contributed by atoms with Gasteiger partial charge in [0, 0.05) is 36.1 Å². The molecular weight excluding hydrogens is 482 g/mol. The lowest BCUT2D eigenvalue weighted by Crippen LogP contribution is -2.36. The van der Waals surface area contributed by atoms with E-state index in [0.717, 1.165) is 12.8 Å². The molecule has 184 valence electrons. The Morgan fingerprint density at radius 1 is 1.14 bits per heavy atom. The van der Waals surface area contributed by atoms with Gasteiger partial charge in [-0.15, -0.1) is 0 Å². The summed E-state index contributed by atoms with van der Waals surface area (Å²) in [5, 5.41) is 13.5. The topological polar surface area (TPSA) is 130 Å². The minimum atomic E-state index is -0.281. The van der Waals surface area contributed by atoms with Crippen LogP contribution in [-0.2, 0) is 11.2 Å². The lowest BCUT2D eigenvalue weighted by atomic mass is 9.99. The number of hydrogen-bond acceptors (Lipinski definition) is 8. The number of fused-ring (bicyclic) bond motifs is 1. The van der Waals surface area contributed by atoms with Crippen LogP contribution in [0.4, 0.5) is 5.82 Å². The SMILES string of the molecule is O=C(Cc1ccc(C(=O)c2c[nH]c3ncnc(N[C@H]4CC[C@H](CO)OC4)c23)c(Cl)c1)c1ccncc1. The summed E-state index contributed by atoms with van der Waals surface area (Å²) in [6.07, 6.45) is 7.71. The smallest absolute Gasteiger partial charge is 0.196 e. The zero-order valence-corrected chi connectivity index (χ0v) is 20.0. The molecule has 0 spiro atoms. The van der Waals surface area contributed by atoms with Gasteiger partial charge in [-0.25, -0.2) is 9.97 Å². The summed E-state index contributed by atoms with van der Waals surface area (Å²) in [7, 11) is 0. The molecule has 0 amide bonds. The average molecular weight is 506 g/mol. The summed E-state index contributed by atoms with van der Waals surface area (Å²) in [5.74, 6) is 0.182. The van der Waals surface area contributed by atoms with E-state index in [0.29, 0.717) is 45.7 Å². The van der Waals surface area contributed by atoms with Crippen LogP contribution in [0.15, 0.2) is 55.2 Å². The number of Topliss-reactive ketones (excluding diaryl/α,β-unsaturated/α-hetero) is 1. The molecule has 2 atom stereocenters. The van der Waals surface area contributed by atoms with Crippen molar-refractivity contribution in [2.45, 2.75) is 31.4 Å². The molecule has 1 fully saturated rings. The number of ether oxygens (including phenoxy) is 1. The number of carbonyl (C=O) groups excluding carboxylic acids is 2. The number of hydrogen-bond donors (Lipinski definition) is 3. The van der Waals surface area contributed by atoms with Crippen LogP contribution < -0.4 is 5.32 Å². The van der Waals surface area contributed by atoms with Gasteiger partial charge in [0.15, 0.2) is 11.6 Å². The number of carbonyl (C=O) groups is 2. The van der Waals surface area contributed by atoms with Crippen LogP contribution in [0.2, 0.25) is 5.02 Å². The molecule has 0 unspecified atom stereocenters. The fourth-order valence-electron chi connectivity index (χ4n) is 4.33. The van der Waals surface area contributed by atoms with Gasteiger partial charge in [-0.2, -0.15) is 0 Å². The highest BCUT2D eigenvalue weighted by atomic mass is 35.5. The molecule has 1 aliphatic heterocycles. The van der Waals surface area contributed by atoms with E-state index in [4.69, 9.17) is 16.3 Å². The van der Waals surface area contributed by atoms with Crippen molar-refractivity contribution < 1.29 is 19.4 Å². The van der Waals surface area contributed by atoms with Crippen LogP contribution in [0.5, 0.6) is 0 Å². The summed E-state index contributed by atoms with van der Waals surface area (Å²) in [5.41, 5.74) is 2.51. The van der Waals surface area contributed by atoms with Crippen LogP contribution >= 0.6 is 11.6 Å². The largest absolute Gasteiger partial charge is 0.394 e. The van der Waals surface area contributed by atoms with Crippen LogP contribution in [0.25, 0.3) is 11.0 Å². The molecule has 10 heteroatoms. The summed E-state index contributed by atoms with van der Waals surface area (Å²) in [6.45, 7) is 0.425. The van der Waals surface area contributed by atoms with Crippen molar-refractivity contribution in [3.8, 4) is 0 Å². The van der Waals surface area contributed by atoms with Crippen LogP contribution in [0.3, 0.4) is 0 Å². The molecule has 0 bridgehead atoms. The third-order valence-corrected chi connectivity index (χ3v) is 6.59. The van der Waals surface area contributed by atoms with Crippen LogP contribution in [-0.4, -0.2) is 62.0 Å². The molecule has 0 radical (unpaired) electrons. The van der Waals surface area contributed by atoms with E-state index < -0.39 is 0 Å². The Morgan fingerprint density at radius 3 is 2.69 bits per heavy atom. The summed E-state index contributed by atoms with van der Waals surface area (Å²) in [4.78, 5) is 41.6. The molecule has 36 heavy (non-hydrogen) atoms. The summed E-state index contributed by atoms with van der Waals surface area (Å²) < 4.78 is 5.66. The highest BCUT2D eigenvalue weighted by Crippen LogP contribution is 2.30. The average Bonchev–Trinajstić information content (AvgIpc) is 3.35. The second-order valence-electron chi connectivity index (χ2n) is 8.68. The Hall–Kier alpha value is -3.66. The lowest BCUT2D eigenvalue weighted by molar-refractivity contribution is -0.0224. The van der Waals surface area contributed by atoms with E-state index in [1.54, 1.807) is 48.9 Å². The third kappa shape index (κ3) is 4.99. The van der Waals surface area contributed by atoms with E-state index in [1.807, 2.05) is 0 Å². The Morgan fingerprint density at radius 2 is 1.97 bits per heavy atom. The van der Waals surface area contributed by atoms with E-state index in [9.17, 15) is 14.7 Å². The Bertz CT molecular complexity index is 1400. The summed E-state index contributed by atoms with van der Waals surface area (Å²) in [6, 6.07) is 8.34. The molecule has 4 aromatic rings. The number of H-pyrrole nitrogens is 1. The van der Waals surface area contributed by atoms with Gasteiger partial charge in [0.1, 0.15) is 17.8 Å². The van der Waals surface area contributed by atoms with Gasteiger partial charge >= 0.3 is 0 Å². The zero-order chi connectivity index (χ0) is 25.1. The quantitative estimate of drug-likeness (QED) is 0.309. The fourth-order valence-corrected chi connectivity index (χ4v) is 4.62. The van der Waals surface area contributed by atoms with Crippen molar-refractivity contribution in [3.05, 3.63) is 82.5 Å². The van der Waals surface area contributed by atoms with Crippen molar-refractivity contribution in [3.63, 3.8) is 0 Å². The Kier molecular flexibility index (Phi) is 7.04. The van der Waals surface area contributed by atoms with Crippen molar-refractivity contribution in [2.24, 2.45) is 0 Å². The third-order valence-electron chi connectivity index (χ3n) is 6.27. The van der Waals surface area contributed by atoms with Gasteiger partial charge in [-0.05, 0) is 42.7 Å². The number of aromatic nitrogens is 4. The number of ketones is 2. The molecule has 9 nitrogen and oxygen atoms in total. The maximum Gasteiger partial charge on any atom is 0.196 e. The minimum absolute atomic E-state index is 0.00161. The monoisotopic (exact) mass is 505 g/mol. The van der Waals surface area contributed by atoms with Crippen molar-refractivity contribution >= 4 is 40.0 Å². The van der Waals surface area contributed by atoms with Crippen molar-refractivity contribution in [2.75, 3.05) is 18.5 Å². The molecule has 1 saturated heterocycles. The number of halogens is 1. The van der Waals surface area contributed by atoms with Gasteiger partial charge in [0.05, 0.1) is 41.3 Å². The second kappa shape index (κ2) is 10.5. The number of pyridine rings is 1. The zero-order valence-electron chi connectivity index (χ0n) is 19.3. The number of anilines is 1. The molecule has 4 heterocycles. The molecule has 0 saturated carbocycles. The van der Waals surface area contributed by atoms with E-state index in [1.165, 1.54) is 6.33 Å². The maximum atomic E-state index is 13.5. The van der Waals surface area contributed by atoms with Gasteiger partial charge in [0.2, 0.25) is 0 Å². The van der Waals surface area contributed by atoms with Crippen LogP contribution in [0, 0.1) is 0 Å². The highest BCUT2D eigenvalue weighted by molar-refractivity contribution is 6.35. The first-order chi connectivity index (χ1) is 17.5. The van der Waals surface area contributed by atoms with Gasteiger partial charge in [-0.3, -0.25) is 14.6 Å².